The van der Waals surface area contributed by atoms with Crippen LogP contribution < -0.4 is 10.5 Å². The van der Waals surface area contributed by atoms with Gasteiger partial charge in [-0.25, -0.2) is 13.6 Å². The molecule has 102 valence electrons. The van der Waals surface area contributed by atoms with Gasteiger partial charge in [0.2, 0.25) is 10.0 Å². The van der Waals surface area contributed by atoms with Gasteiger partial charge in [-0.3, -0.25) is 4.79 Å². The SMILES string of the molecule is CC1=C(Nc2cc(S(N)(=O)=O)ccc2Cl)CCC1=O. The first-order valence-corrected chi connectivity index (χ1v) is 7.54. The van der Waals surface area contributed by atoms with Crippen LogP contribution in [-0.2, 0) is 14.8 Å². The number of nitrogens with two attached hydrogens (primary N) is 1. The van der Waals surface area contributed by atoms with Crippen molar-refractivity contribution in [1.82, 2.24) is 0 Å². The lowest BCUT2D eigenvalue weighted by molar-refractivity contribution is -0.114. The maximum absolute atomic E-state index is 11.4. The summed E-state index contributed by atoms with van der Waals surface area (Å²) in [6.45, 7) is 1.73. The standard InChI is InChI=1S/C12H13ClN2O3S/c1-7-10(4-5-12(7)16)15-11-6-8(19(14,17)18)2-3-9(11)13/h2-3,6,15H,4-5H2,1H3,(H2,14,17,18). The molecular formula is C12H13ClN2O3S. The molecule has 0 saturated heterocycles. The highest BCUT2D eigenvalue weighted by Gasteiger charge is 2.20. The van der Waals surface area contributed by atoms with Crippen LogP contribution in [0.3, 0.4) is 0 Å². The molecule has 19 heavy (non-hydrogen) atoms. The Morgan fingerprint density at radius 2 is 2.00 bits per heavy atom. The number of halogens is 1. The van der Waals surface area contributed by atoms with E-state index in [9.17, 15) is 13.2 Å². The number of ketones is 1. The Labute approximate surface area is 116 Å². The minimum atomic E-state index is -3.78. The van der Waals surface area contributed by atoms with Crippen LogP contribution >= 0.6 is 11.6 Å². The largest absolute Gasteiger partial charge is 0.357 e. The molecular weight excluding hydrogens is 288 g/mol. The molecule has 2 rings (SSSR count). The van der Waals surface area contributed by atoms with Gasteiger partial charge >= 0.3 is 0 Å². The van der Waals surface area contributed by atoms with E-state index in [4.69, 9.17) is 16.7 Å². The predicted molar refractivity (Wildman–Crippen MR) is 73.4 cm³/mol. The molecule has 0 aliphatic heterocycles. The molecule has 0 spiro atoms. The van der Waals surface area contributed by atoms with Crippen molar-refractivity contribution in [3.63, 3.8) is 0 Å². The Hall–Kier alpha value is -1.37. The van der Waals surface area contributed by atoms with Gasteiger partial charge in [-0.1, -0.05) is 11.6 Å². The number of benzene rings is 1. The lowest BCUT2D eigenvalue weighted by atomic mass is 10.2. The van der Waals surface area contributed by atoms with Crippen molar-refractivity contribution in [2.24, 2.45) is 5.14 Å². The molecule has 1 aliphatic rings. The van der Waals surface area contributed by atoms with E-state index >= 15 is 0 Å². The Kier molecular flexibility index (Phi) is 3.66. The zero-order valence-corrected chi connectivity index (χ0v) is 11.8. The predicted octanol–water partition coefficient (Wildman–Crippen LogP) is 2.04. The van der Waals surface area contributed by atoms with Crippen molar-refractivity contribution in [2.45, 2.75) is 24.7 Å². The smallest absolute Gasteiger partial charge is 0.238 e. The van der Waals surface area contributed by atoms with Crippen LogP contribution in [-0.4, -0.2) is 14.2 Å². The summed E-state index contributed by atoms with van der Waals surface area (Å²) in [5.41, 5.74) is 1.84. The van der Waals surface area contributed by atoms with E-state index in [0.29, 0.717) is 29.1 Å². The maximum atomic E-state index is 11.4. The highest BCUT2D eigenvalue weighted by atomic mass is 35.5. The summed E-state index contributed by atoms with van der Waals surface area (Å²) < 4.78 is 22.6. The van der Waals surface area contributed by atoms with Crippen molar-refractivity contribution >= 4 is 33.1 Å². The second kappa shape index (κ2) is 4.96. The number of nitrogens with one attached hydrogen (secondary N) is 1. The lowest BCUT2D eigenvalue weighted by Gasteiger charge is -2.11. The number of carbonyl (C=O) groups excluding carboxylic acids is 1. The number of rotatable bonds is 3. The van der Waals surface area contributed by atoms with Gasteiger partial charge in [0.1, 0.15) is 0 Å². The van der Waals surface area contributed by atoms with Crippen LogP contribution in [0.4, 0.5) is 5.69 Å². The molecule has 5 nitrogen and oxygen atoms in total. The molecule has 0 atom stereocenters. The van der Waals surface area contributed by atoms with Gasteiger partial charge in [-0.05, 0) is 31.5 Å². The molecule has 1 aromatic carbocycles. The van der Waals surface area contributed by atoms with Crippen molar-refractivity contribution in [3.8, 4) is 0 Å². The molecule has 0 amide bonds. The molecule has 7 heteroatoms. The van der Waals surface area contributed by atoms with E-state index in [2.05, 4.69) is 5.32 Å². The third-order valence-electron chi connectivity index (χ3n) is 3.02. The summed E-state index contributed by atoms with van der Waals surface area (Å²) in [5.74, 6) is 0.0845. The van der Waals surface area contributed by atoms with E-state index in [1.165, 1.54) is 18.2 Å². The molecule has 3 N–H and O–H groups in total. The van der Waals surface area contributed by atoms with Crippen LogP contribution in [0.1, 0.15) is 19.8 Å². The number of anilines is 1. The minimum absolute atomic E-state index is 0.0259. The number of Topliss-reactive ketones (excluding diaryl/α,β-unsaturated/α-hetero) is 1. The Balaban J connectivity index is 2.38. The van der Waals surface area contributed by atoms with Gasteiger partial charge in [-0.15, -0.1) is 0 Å². The van der Waals surface area contributed by atoms with Crippen LogP contribution in [0.25, 0.3) is 0 Å². The molecule has 1 aromatic rings. The van der Waals surface area contributed by atoms with E-state index in [-0.39, 0.29) is 10.7 Å². The van der Waals surface area contributed by atoms with Gasteiger partial charge in [0.05, 0.1) is 15.6 Å². The first kappa shape index (κ1) is 14.0. The maximum Gasteiger partial charge on any atom is 0.238 e. The molecule has 0 aromatic heterocycles. The first-order chi connectivity index (χ1) is 8.79. The topological polar surface area (TPSA) is 89.3 Å². The van der Waals surface area contributed by atoms with Gasteiger partial charge in [-0.2, -0.15) is 0 Å². The normalized spacial score (nSPS) is 16.1. The number of allylic oxidation sites excluding steroid dienone is 2. The Bertz CT molecular complexity index is 680. The quantitative estimate of drug-likeness (QED) is 0.894. The summed E-state index contributed by atoms with van der Waals surface area (Å²) in [6.07, 6.45) is 1.06. The fourth-order valence-electron chi connectivity index (χ4n) is 1.88. The van der Waals surface area contributed by atoms with Crippen molar-refractivity contribution in [1.29, 1.82) is 0 Å². The summed E-state index contributed by atoms with van der Waals surface area (Å²) >= 11 is 6.00. The number of carbonyl (C=O) groups is 1. The summed E-state index contributed by atoms with van der Waals surface area (Å²) in [7, 11) is -3.78. The average Bonchev–Trinajstić information content (AvgIpc) is 2.62. The molecule has 0 unspecified atom stereocenters. The monoisotopic (exact) mass is 300 g/mol. The Morgan fingerprint density at radius 1 is 1.32 bits per heavy atom. The molecule has 0 heterocycles. The van der Waals surface area contributed by atoms with E-state index in [1.807, 2.05) is 0 Å². The van der Waals surface area contributed by atoms with Crippen LogP contribution in [0.2, 0.25) is 5.02 Å². The van der Waals surface area contributed by atoms with Gasteiger partial charge in [0, 0.05) is 17.7 Å². The summed E-state index contributed by atoms with van der Waals surface area (Å²) in [5, 5.41) is 8.44. The van der Waals surface area contributed by atoms with Crippen molar-refractivity contribution < 1.29 is 13.2 Å². The number of hydrogen-bond donors (Lipinski definition) is 2. The highest BCUT2D eigenvalue weighted by Crippen LogP contribution is 2.30. The molecule has 0 fully saturated rings. The molecule has 0 bridgehead atoms. The summed E-state index contributed by atoms with van der Waals surface area (Å²) in [4.78, 5) is 11.4. The molecule has 0 radical (unpaired) electrons. The van der Waals surface area contributed by atoms with Crippen LogP contribution in [0.15, 0.2) is 34.4 Å². The van der Waals surface area contributed by atoms with Crippen LogP contribution in [0, 0.1) is 0 Å². The fraction of sp³-hybridized carbons (Fsp3) is 0.250. The highest BCUT2D eigenvalue weighted by molar-refractivity contribution is 7.89. The molecule has 1 aliphatic carbocycles. The number of sulfonamides is 1. The van der Waals surface area contributed by atoms with E-state index in [1.54, 1.807) is 6.92 Å². The average molecular weight is 301 g/mol. The van der Waals surface area contributed by atoms with Crippen molar-refractivity contribution in [3.05, 3.63) is 34.5 Å². The number of hydrogen-bond acceptors (Lipinski definition) is 4. The van der Waals surface area contributed by atoms with Crippen molar-refractivity contribution in [2.75, 3.05) is 5.32 Å². The van der Waals surface area contributed by atoms with E-state index in [0.717, 1.165) is 5.70 Å². The van der Waals surface area contributed by atoms with Gasteiger partial charge < -0.3 is 5.32 Å². The zero-order valence-electron chi connectivity index (χ0n) is 10.2. The third-order valence-corrected chi connectivity index (χ3v) is 4.27. The third kappa shape index (κ3) is 2.97. The van der Waals surface area contributed by atoms with E-state index < -0.39 is 10.0 Å². The van der Waals surface area contributed by atoms with Gasteiger partial charge in [0.25, 0.3) is 0 Å². The van der Waals surface area contributed by atoms with Gasteiger partial charge in [0.15, 0.2) is 5.78 Å². The summed E-state index contributed by atoms with van der Waals surface area (Å²) in [6, 6.07) is 4.15. The first-order valence-electron chi connectivity index (χ1n) is 5.61. The molecule has 0 saturated carbocycles. The Morgan fingerprint density at radius 3 is 2.53 bits per heavy atom. The second-order valence-electron chi connectivity index (χ2n) is 4.34. The zero-order chi connectivity index (χ0) is 14.2. The second-order valence-corrected chi connectivity index (χ2v) is 6.31. The fourth-order valence-corrected chi connectivity index (χ4v) is 2.58. The minimum Gasteiger partial charge on any atom is -0.357 e. The number of primary sulfonamides is 1. The van der Waals surface area contributed by atoms with Crippen LogP contribution in [0.5, 0.6) is 0 Å². The lowest BCUT2D eigenvalue weighted by Crippen LogP contribution is -2.12.